The molecule has 1 fully saturated rings. The lowest BCUT2D eigenvalue weighted by Crippen LogP contribution is -2.18. The summed E-state index contributed by atoms with van der Waals surface area (Å²) in [4.78, 5) is 21.9. The summed E-state index contributed by atoms with van der Waals surface area (Å²) in [5.74, 6) is -0.810. The summed E-state index contributed by atoms with van der Waals surface area (Å²) in [5.41, 5.74) is 0.839. The fourth-order valence-corrected chi connectivity index (χ4v) is 1.64. The van der Waals surface area contributed by atoms with Crippen LogP contribution >= 0.6 is 0 Å². The minimum absolute atomic E-state index is 0.128. The molecule has 1 atom stereocenters. The normalized spacial score (nSPS) is 29.5. The van der Waals surface area contributed by atoms with E-state index in [9.17, 15) is 9.59 Å². The molecule has 58 valence electrons. The number of fused-ring (bicyclic) bond motifs is 1. The SMILES string of the molecule is O=C1NC2=CCCCC2C1=O. The number of carbonyl (C=O) groups is 2. The molecule has 2 aliphatic rings. The Labute approximate surface area is 64.5 Å². The second-order valence-corrected chi connectivity index (χ2v) is 2.96. The molecule has 0 radical (unpaired) electrons. The van der Waals surface area contributed by atoms with E-state index in [1.807, 2.05) is 6.08 Å². The van der Waals surface area contributed by atoms with Crippen LogP contribution in [0, 0.1) is 5.92 Å². The third kappa shape index (κ3) is 0.878. The maximum Gasteiger partial charge on any atom is 0.292 e. The van der Waals surface area contributed by atoms with Gasteiger partial charge in [-0.15, -0.1) is 0 Å². The average Bonchev–Trinajstić information content (AvgIpc) is 2.30. The van der Waals surface area contributed by atoms with Gasteiger partial charge in [0.05, 0.1) is 5.92 Å². The lowest BCUT2D eigenvalue weighted by Gasteiger charge is -2.12. The van der Waals surface area contributed by atoms with Gasteiger partial charge in [0.25, 0.3) is 5.91 Å². The zero-order chi connectivity index (χ0) is 7.84. The lowest BCUT2D eigenvalue weighted by atomic mass is 9.92. The van der Waals surface area contributed by atoms with Gasteiger partial charge in [-0.2, -0.15) is 0 Å². The number of hydrogen-bond donors (Lipinski definition) is 1. The molecule has 1 N–H and O–H groups in total. The highest BCUT2D eigenvalue weighted by Gasteiger charge is 2.37. The van der Waals surface area contributed by atoms with Crippen molar-refractivity contribution in [2.24, 2.45) is 5.92 Å². The van der Waals surface area contributed by atoms with Crippen molar-refractivity contribution < 1.29 is 9.59 Å². The van der Waals surface area contributed by atoms with Crippen molar-refractivity contribution in [3.05, 3.63) is 11.8 Å². The van der Waals surface area contributed by atoms with Crippen molar-refractivity contribution in [1.29, 1.82) is 0 Å². The second-order valence-electron chi connectivity index (χ2n) is 2.96. The van der Waals surface area contributed by atoms with Crippen LogP contribution in [0.3, 0.4) is 0 Å². The monoisotopic (exact) mass is 151 g/mol. The quantitative estimate of drug-likeness (QED) is 0.508. The lowest BCUT2D eigenvalue weighted by molar-refractivity contribution is -0.136. The Bertz CT molecular complexity index is 255. The van der Waals surface area contributed by atoms with Crippen LogP contribution in [0.1, 0.15) is 19.3 Å². The first-order valence-electron chi connectivity index (χ1n) is 3.84. The Kier molecular flexibility index (Phi) is 1.31. The fraction of sp³-hybridized carbons (Fsp3) is 0.500. The largest absolute Gasteiger partial charge is 0.323 e. The Morgan fingerprint density at radius 2 is 2.27 bits per heavy atom. The Hall–Kier alpha value is -1.12. The highest BCUT2D eigenvalue weighted by Crippen LogP contribution is 2.27. The van der Waals surface area contributed by atoms with Crippen LogP contribution in [0.2, 0.25) is 0 Å². The minimum atomic E-state index is -0.428. The van der Waals surface area contributed by atoms with Gasteiger partial charge in [-0.05, 0) is 19.3 Å². The van der Waals surface area contributed by atoms with Gasteiger partial charge in [-0.1, -0.05) is 6.08 Å². The van der Waals surface area contributed by atoms with Crippen molar-refractivity contribution in [3.8, 4) is 0 Å². The molecule has 1 aliphatic carbocycles. The minimum Gasteiger partial charge on any atom is -0.323 e. The summed E-state index contributed by atoms with van der Waals surface area (Å²) >= 11 is 0. The van der Waals surface area contributed by atoms with Crippen molar-refractivity contribution in [2.75, 3.05) is 0 Å². The van der Waals surface area contributed by atoms with Gasteiger partial charge < -0.3 is 5.32 Å². The van der Waals surface area contributed by atoms with E-state index in [2.05, 4.69) is 5.32 Å². The second kappa shape index (κ2) is 2.19. The summed E-state index contributed by atoms with van der Waals surface area (Å²) in [6, 6.07) is 0. The van der Waals surface area contributed by atoms with Crippen molar-refractivity contribution >= 4 is 11.7 Å². The molecule has 0 spiro atoms. The van der Waals surface area contributed by atoms with Crippen LogP contribution < -0.4 is 5.32 Å². The average molecular weight is 151 g/mol. The number of rotatable bonds is 0. The molecule has 3 nitrogen and oxygen atoms in total. The molecule has 0 aromatic carbocycles. The molecule has 1 amide bonds. The highest BCUT2D eigenvalue weighted by molar-refractivity contribution is 6.40. The third-order valence-corrected chi connectivity index (χ3v) is 2.23. The van der Waals surface area contributed by atoms with Gasteiger partial charge in [0.2, 0.25) is 5.78 Å². The van der Waals surface area contributed by atoms with Crippen LogP contribution in [-0.2, 0) is 9.59 Å². The maximum atomic E-state index is 11.1. The molecule has 1 aliphatic heterocycles. The van der Waals surface area contributed by atoms with E-state index >= 15 is 0 Å². The predicted molar refractivity (Wildman–Crippen MR) is 38.6 cm³/mol. The van der Waals surface area contributed by atoms with E-state index in [0.717, 1.165) is 25.0 Å². The molecule has 11 heavy (non-hydrogen) atoms. The van der Waals surface area contributed by atoms with Gasteiger partial charge >= 0.3 is 0 Å². The molecule has 0 bridgehead atoms. The van der Waals surface area contributed by atoms with Crippen molar-refractivity contribution in [3.63, 3.8) is 0 Å². The van der Waals surface area contributed by atoms with Crippen LogP contribution in [0.4, 0.5) is 0 Å². The van der Waals surface area contributed by atoms with E-state index in [1.165, 1.54) is 0 Å². The molecule has 1 unspecified atom stereocenters. The highest BCUT2D eigenvalue weighted by atomic mass is 16.2. The van der Waals surface area contributed by atoms with Crippen LogP contribution in [0.15, 0.2) is 11.8 Å². The molecule has 0 aromatic rings. The van der Waals surface area contributed by atoms with Crippen LogP contribution in [-0.4, -0.2) is 11.7 Å². The topological polar surface area (TPSA) is 46.2 Å². The Morgan fingerprint density at radius 1 is 1.45 bits per heavy atom. The van der Waals surface area contributed by atoms with E-state index in [0.29, 0.717) is 0 Å². The summed E-state index contributed by atoms with van der Waals surface area (Å²) in [6.07, 6.45) is 4.80. The number of carbonyl (C=O) groups excluding carboxylic acids is 2. The molecular weight excluding hydrogens is 142 g/mol. The van der Waals surface area contributed by atoms with E-state index in [-0.39, 0.29) is 11.7 Å². The summed E-state index contributed by atoms with van der Waals surface area (Å²) < 4.78 is 0. The predicted octanol–water partition coefficient (Wildman–Crippen LogP) is 0.369. The third-order valence-electron chi connectivity index (χ3n) is 2.23. The summed E-state index contributed by atoms with van der Waals surface area (Å²) in [5, 5.41) is 2.58. The smallest absolute Gasteiger partial charge is 0.292 e. The molecule has 0 saturated carbocycles. The number of hydrogen-bond acceptors (Lipinski definition) is 2. The van der Waals surface area contributed by atoms with Gasteiger partial charge in [0.1, 0.15) is 0 Å². The van der Waals surface area contributed by atoms with Crippen molar-refractivity contribution in [1.82, 2.24) is 5.32 Å². The molecule has 1 heterocycles. The first-order chi connectivity index (χ1) is 5.29. The van der Waals surface area contributed by atoms with Gasteiger partial charge in [-0.25, -0.2) is 0 Å². The fourth-order valence-electron chi connectivity index (χ4n) is 1.64. The van der Waals surface area contributed by atoms with Gasteiger partial charge in [0, 0.05) is 5.70 Å². The van der Waals surface area contributed by atoms with Gasteiger partial charge in [0.15, 0.2) is 0 Å². The Balaban J connectivity index is 2.33. The molecule has 3 heteroatoms. The Morgan fingerprint density at radius 3 is 3.00 bits per heavy atom. The zero-order valence-electron chi connectivity index (χ0n) is 6.09. The molecular formula is C8H9NO2. The standard InChI is InChI=1S/C8H9NO2/c10-7-5-3-1-2-4-6(5)9-8(7)11/h4-5H,1-3H2,(H,9,11). The van der Waals surface area contributed by atoms with Crippen LogP contribution in [0.5, 0.6) is 0 Å². The summed E-state index contributed by atoms with van der Waals surface area (Å²) in [6.45, 7) is 0. The molecule has 2 rings (SSSR count). The first-order valence-corrected chi connectivity index (χ1v) is 3.84. The number of amides is 1. The van der Waals surface area contributed by atoms with E-state index < -0.39 is 5.91 Å². The summed E-state index contributed by atoms with van der Waals surface area (Å²) in [7, 11) is 0. The first kappa shape index (κ1) is 6.58. The molecule has 1 saturated heterocycles. The number of allylic oxidation sites excluding steroid dienone is 2. The number of Topliss-reactive ketones (excluding diaryl/α,β-unsaturated/α-hetero) is 1. The number of ketones is 1. The molecule has 0 aromatic heterocycles. The zero-order valence-corrected chi connectivity index (χ0v) is 6.09. The van der Waals surface area contributed by atoms with Crippen LogP contribution in [0.25, 0.3) is 0 Å². The number of nitrogens with one attached hydrogen (secondary N) is 1. The van der Waals surface area contributed by atoms with Crippen molar-refractivity contribution in [2.45, 2.75) is 19.3 Å². The van der Waals surface area contributed by atoms with Gasteiger partial charge in [-0.3, -0.25) is 9.59 Å². The maximum absolute atomic E-state index is 11.1. The van der Waals surface area contributed by atoms with E-state index in [1.54, 1.807) is 0 Å². The van der Waals surface area contributed by atoms with E-state index in [4.69, 9.17) is 0 Å².